The van der Waals surface area contributed by atoms with Gasteiger partial charge in [-0.1, -0.05) is 29.8 Å². The van der Waals surface area contributed by atoms with E-state index in [1.54, 1.807) is 0 Å². The van der Waals surface area contributed by atoms with Crippen molar-refractivity contribution in [3.8, 4) is 0 Å². The Hall–Kier alpha value is -1.67. The zero-order valence-corrected chi connectivity index (χ0v) is 12.1. The molecular weight excluding hydrogens is 256 g/mol. The van der Waals surface area contributed by atoms with Crippen LogP contribution in [0.3, 0.4) is 0 Å². The molecule has 0 heterocycles. The second-order valence-electron chi connectivity index (χ2n) is 4.63. The van der Waals surface area contributed by atoms with Gasteiger partial charge in [0, 0.05) is 29.5 Å². The number of hydrogen-bond donors (Lipinski definition) is 2. The molecule has 0 aromatic heterocycles. The minimum Gasteiger partial charge on any atom is -0.383 e. The molecule has 100 valence electrons. The maximum absolute atomic E-state index is 5.85. The normalized spacial score (nSPS) is 10.3. The zero-order chi connectivity index (χ0) is 13.7. The van der Waals surface area contributed by atoms with Crippen LogP contribution in [-0.4, -0.2) is 13.1 Å². The molecule has 0 amide bonds. The summed E-state index contributed by atoms with van der Waals surface area (Å²) in [6, 6.07) is 14.1. The van der Waals surface area contributed by atoms with Crippen molar-refractivity contribution in [2.75, 3.05) is 23.7 Å². The number of anilines is 2. The fourth-order valence-corrected chi connectivity index (χ4v) is 2.18. The Morgan fingerprint density at radius 2 is 1.42 bits per heavy atom. The lowest BCUT2D eigenvalue weighted by atomic mass is 10.1. The van der Waals surface area contributed by atoms with Crippen LogP contribution in [0.15, 0.2) is 42.5 Å². The Morgan fingerprint density at radius 3 is 2.05 bits per heavy atom. The van der Waals surface area contributed by atoms with E-state index in [1.807, 2.05) is 24.3 Å². The number of halogens is 1. The molecule has 0 fully saturated rings. The van der Waals surface area contributed by atoms with Gasteiger partial charge < -0.3 is 10.6 Å². The average molecular weight is 275 g/mol. The monoisotopic (exact) mass is 274 g/mol. The summed E-state index contributed by atoms with van der Waals surface area (Å²) in [7, 11) is 0. The second kappa shape index (κ2) is 6.48. The van der Waals surface area contributed by atoms with Gasteiger partial charge in [-0.2, -0.15) is 0 Å². The van der Waals surface area contributed by atoms with Gasteiger partial charge in [-0.05, 0) is 49.2 Å². The molecule has 0 saturated carbocycles. The molecule has 0 unspecified atom stereocenters. The van der Waals surface area contributed by atoms with Crippen molar-refractivity contribution in [1.82, 2.24) is 0 Å². The van der Waals surface area contributed by atoms with Crippen LogP contribution in [0.1, 0.15) is 11.1 Å². The molecule has 0 aliphatic heterocycles. The fraction of sp³-hybridized carbons (Fsp3) is 0.250. The predicted molar refractivity (Wildman–Crippen MR) is 84.3 cm³/mol. The molecular formula is C16H19ClN2. The molecule has 0 atom stereocenters. The van der Waals surface area contributed by atoms with Crippen molar-refractivity contribution >= 4 is 23.0 Å². The maximum Gasteiger partial charge on any atom is 0.0407 e. The summed E-state index contributed by atoms with van der Waals surface area (Å²) in [5.41, 5.74) is 4.89. The lowest BCUT2D eigenvalue weighted by Crippen LogP contribution is -2.14. The second-order valence-corrected chi connectivity index (χ2v) is 5.06. The summed E-state index contributed by atoms with van der Waals surface area (Å²) in [6.45, 7) is 6.01. The zero-order valence-electron chi connectivity index (χ0n) is 11.3. The van der Waals surface area contributed by atoms with Gasteiger partial charge in [0.25, 0.3) is 0 Å². The molecule has 0 bridgehead atoms. The molecule has 0 aliphatic carbocycles. The van der Waals surface area contributed by atoms with Crippen molar-refractivity contribution < 1.29 is 0 Å². The first kappa shape index (κ1) is 13.8. The van der Waals surface area contributed by atoms with Crippen LogP contribution in [0.2, 0.25) is 5.02 Å². The van der Waals surface area contributed by atoms with Crippen molar-refractivity contribution in [1.29, 1.82) is 0 Å². The topological polar surface area (TPSA) is 24.1 Å². The summed E-state index contributed by atoms with van der Waals surface area (Å²) >= 11 is 5.85. The van der Waals surface area contributed by atoms with Crippen LogP contribution >= 0.6 is 11.6 Å². The van der Waals surface area contributed by atoms with E-state index in [0.29, 0.717) is 0 Å². The van der Waals surface area contributed by atoms with E-state index in [9.17, 15) is 0 Å². The van der Waals surface area contributed by atoms with E-state index in [-0.39, 0.29) is 0 Å². The van der Waals surface area contributed by atoms with Gasteiger partial charge >= 0.3 is 0 Å². The molecule has 0 aliphatic rings. The van der Waals surface area contributed by atoms with E-state index in [2.05, 4.69) is 42.7 Å². The van der Waals surface area contributed by atoms with Crippen LogP contribution in [0.5, 0.6) is 0 Å². The molecule has 0 radical (unpaired) electrons. The van der Waals surface area contributed by atoms with Crippen molar-refractivity contribution in [2.45, 2.75) is 13.8 Å². The minimum atomic E-state index is 0.763. The lowest BCUT2D eigenvalue weighted by Gasteiger charge is -2.13. The number of aryl methyl sites for hydroxylation is 2. The summed E-state index contributed by atoms with van der Waals surface area (Å²) in [4.78, 5) is 0. The predicted octanol–water partition coefficient (Wildman–Crippen LogP) is 4.48. The number of rotatable bonds is 5. The molecule has 2 N–H and O–H groups in total. The van der Waals surface area contributed by atoms with Gasteiger partial charge in [0.1, 0.15) is 0 Å². The number of para-hydroxylation sites is 1. The van der Waals surface area contributed by atoms with Gasteiger partial charge in [-0.3, -0.25) is 0 Å². The molecule has 0 spiro atoms. The van der Waals surface area contributed by atoms with Crippen LogP contribution < -0.4 is 10.6 Å². The van der Waals surface area contributed by atoms with Gasteiger partial charge in [0.2, 0.25) is 0 Å². The van der Waals surface area contributed by atoms with Crippen molar-refractivity contribution in [2.24, 2.45) is 0 Å². The largest absolute Gasteiger partial charge is 0.383 e. The maximum atomic E-state index is 5.85. The molecule has 0 saturated heterocycles. The van der Waals surface area contributed by atoms with E-state index >= 15 is 0 Å². The Labute approximate surface area is 119 Å². The van der Waals surface area contributed by atoms with E-state index < -0.39 is 0 Å². The highest BCUT2D eigenvalue weighted by molar-refractivity contribution is 6.30. The van der Waals surface area contributed by atoms with Gasteiger partial charge in [0.05, 0.1) is 0 Å². The molecule has 3 heteroatoms. The quantitative estimate of drug-likeness (QED) is 0.786. The number of benzene rings is 2. The molecule has 19 heavy (non-hydrogen) atoms. The molecule has 2 aromatic carbocycles. The fourth-order valence-electron chi connectivity index (χ4n) is 2.06. The third kappa shape index (κ3) is 3.90. The standard InChI is InChI=1S/C16H19ClN2/c1-12-4-3-5-13(2)16(12)19-11-10-18-15-8-6-14(17)7-9-15/h3-9,18-19H,10-11H2,1-2H3. The smallest absolute Gasteiger partial charge is 0.0407 e. The van der Waals surface area contributed by atoms with Crippen LogP contribution in [0.4, 0.5) is 11.4 Å². The minimum absolute atomic E-state index is 0.763. The first-order chi connectivity index (χ1) is 9.16. The van der Waals surface area contributed by atoms with Crippen LogP contribution in [-0.2, 0) is 0 Å². The Bertz CT molecular complexity index is 515. The van der Waals surface area contributed by atoms with Gasteiger partial charge in [-0.25, -0.2) is 0 Å². The first-order valence-electron chi connectivity index (χ1n) is 6.46. The third-order valence-electron chi connectivity index (χ3n) is 3.08. The van der Waals surface area contributed by atoms with Gasteiger partial charge in [0.15, 0.2) is 0 Å². The van der Waals surface area contributed by atoms with Crippen LogP contribution in [0.25, 0.3) is 0 Å². The highest BCUT2D eigenvalue weighted by Crippen LogP contribution is 2.19. The number of hydrogen-bond acceptors (Lipinski definition) is 2. The molecule has 2 aromatic rings. The highest BCUT2D eigenvalue weighted by Gasteiger charge is 2.00. The average Bonchev–Trinajstić information content (AvgIpc) is 2.39. The van der Waals surface area contributed by atoms with Crippen LogP contribution in [0, 0.1) is 13.8 Å². The Balaban J connectivity index is 1.82. The van der Waals surface area contributed by atoms with E-state index in [0.717, 1.165) is 23.8 Å². The summed E-state index contributed by atoms with van der Waals surface area (Å²) in [5.74, 6) is 0. The van der Waals surface area contributed by atoms with Gasteiger partial charge in [-0.15, -0.1) is 0 Å². The van der Waals surface area contributed by atoms with Crippen molar-refractivity contribution in [3.05, 3.63) is 58.6 Å². The summed E-state index contributed by atoms with van der Waals surface area (Å²) < 4.78 is 0. The van der Waals surface area contributed by atoms with E-state index in [4.69, 9.17) is 11.6 Å². The highest BCUT2D eigenvalue weighted by atomic mass is 35.5. The number of nitrogens with one attached hydrogen (secondary N) is 2. The lowest BCUT2D eigenvalue weighted by molar-refractivity contribution is 1.07. The third-order valence-corrected chi connectivity index (χ3v) is 3.33. The first-order valence-corrected chi connectivity index (χ1v) is 6.84. The Morgan fingerprint density at radius 1 is 0.842 bits per heavy atom. The SMILES string of the molecule is Cc1cccc(C)c1NCCNc1ccc(Cl)cc1. The van der Waals surface area contributed by atoms with E-state index in [1.165, 1.54) is 16.8 Å². The molecule has 2 nitrogen and oxygen atoms in total. The Kier molecular flexibility index (Phi) is 4.69. The molecule has 2 rings (SSSR count). The van der Waals surface area contributed by atoms with Crippen molar-refractivity contribution in [3.63, 3.8) is 0 Å². The summed E-state index contributed by atoms with van der Waals surface area (Å²) in [5, 5.41) is 7.60. The summed E-state index contributed by atoms with van der Waals surface area (Å²) in [6.07, 6.45) is 0.